The number of amidine groups is 1. The lowest BCUT2D eigenvalue weighted by atomic mass is 9.74. The van der Waals surface area contributed by atoms with Crippen LogP contribution in [-0.4, -0.2) is 30.9 Å². The summed E-state index contributed by atoms with van der Waals surface area (Å²) in [4.78, 5) is 27.6. The lowest BCUT2D eigenvalue weighted by molar-refractivity contribution is -0.153. The van der Waals surface area contributed by atoms with Crippen LogP contribution in [0.2, 0.25) is 0 Å². The molecule has 1 amide bonds. The number of nitrogens with one attached hydrogen (secondary N) is 1. The minimum Gasteiger partial charge on any atom is -0.465 e. The molecule has 0 aromatic carbocycles. The Morgan fingerprint density at radius 2 is 2.38 bits per heavy atom. The number of aliphatic imine (C=N–C) groups is 1. The summed E-state index contributed by atoms with van der Waals surface area (Å²) >= 11 is 0. The molecule has 1 N–H and O–H groups in total. The normalized spacial score (nSPS) is 28.8. The number of hydrogen-bond acceptors (Lipinski definition) is 4. The predicted molar refractivity (Wildman–Crippen MR) is 58.0 cm³/mol. The van der Waals surface area contributed by atoms with E-state index in [9.17, 15) is 9.59 Å². The van der Waals surface area contributed by atoms with E-state index in [0.29, 0.717) is 31.8 Å². The Kier molecular flexibility index (Phi) is 2.94. The highest BCUT2D eigenvalue weighted by atomic mass is 16.5. The van der Waals surface area contributed by atoms with Gasteiger partial charge < -0.3 is 10.1 Å². The molecule has 1 atom stereocenters. The zero-order chi connectivity index (χ0) is 11.6. The number of piperidine rings is 1. The third kappa shape index (κ3) is 1.70. The van der Waals surface area contributed by atoms with Gasteiger partial charge in [-0.05, 0) is 26.2 Å². The zero-order valence-electron chi connectivity index (χ0n) is 9.41. The average Bonchev–Trinajstić information content (AvgIpc) is 2.29. The van der Waals surface area contributed by atoms with Gasteiger partial charge in [0.15, 0.2) is 0 Å². The van der Waals surface area contributed by atoms with Crippen LogP contribution in [0.3, 0.4) is 0 Å². The minimum absolute atomic E-state index is 0.0550. The molecule has 2 aliphatic rings. The van der Waals surface area contributed by atoms with Crippen molar-refractivity contribution >= 4 is 17.7 Å². The first-order valence-electron chi connectivity index (χ1n) is 5.71. The van der Waals surface area contributed by atoms with Crippen molar-refractivity contribution in [2.24, 2.45) is 10.4 Å². The van der Waals surface area contributed by atoms with Crippen molar-refractivity contribution in [2.45, 2.75) is 32.6 Å². The van der Waals surface area contributed by atoms with Crippen LogP contribution in [0.5, 0.6) is 0 Å². The molecule has 0 spiro atoms. The maximum Gasteiger partial charge on any atom is 0.319 e. The molecule has 0 aliphatic carbocycles. The molecule has 0 bridgehead atoms. The quantitative estimate of drug-likeness (QED) is 0.700. The Labute approximate surface area is 94.3 Å². The Morgan fingerprint density at radius 1 is 1.56 bits per heavy atom. The number of carbonyl (C=O) groups excluding carboxylic acids is 2. The maximum atomic E-state index is 12.0. The fraction of sp³-hybridized carbons (Fsp3) is 0.727. The van der Waals surface area contributed by atoms with Crippen LogP contribution in [0.1, 0.15) is 32.6 Å². The first kappa shape index (κ1) is 11.1. The molecule has 1 fully saturated rings. The van der Waals surface area contributed by atoms with Crippen LogP contribution in [0.25, 0.3) is 0 Å². The Balaban J connectivity index is 2.27. The van der Waals surface area contributed by atoms with E-state index in [2.05, 4.69) is 10.3 Å². The summed E-state index contributed by atoms with van der Waals surface area (Å²) in [6.07, 6.45) is 2.50. The molecule has 5 nitrogen and oxygen atoms in total. The van der Waals surface area contributed by atoms with Crippen LogP contribution >= 0.6 is 0 Å². The lowest BCUT2D eigenvalue weighted by Crippen LogP contribution is -2.55. The average molecular weight is 224 g/mol. The molecule has 0 saturated carbocycles. The smallest absolute Gasteiger partial charge is 0.319 e. The summed E-state index contributed by atoms with van der Waals surface area (Å²) < 4.78 is 5.11. The van der Waals surface area contributed by atoms with E-state index >= 15 is 0 Å². The number of esters is 1. The second kappa shape index (κ2) is 4.23. The van der Waals surface area contributed by atoms with E-state index < -0.39 is 5.41 Å². The molecule has 0 aromatic rings. The van der Waals surface area contributed by atoms with E-state index in [4.69, 9.17) is 4.74 Å². The molecule has 0 aromatic heterocycles. The fourth-order valence-electron chi connectivity index (χ4n) is 2.34. The van der Waals surface area contributed by atoms with Gasteiger partial charge in [0.25, 0.3) is 0 Å². The highest BCUT2D eigenvalue weighted by Gasteiger charge is 2.49. The van der Waals surface area contributed by atoms with Crippen LogP contribution < -0.4 is 5.32 Å². The number of nitrogens with zero attached hydrogens (tertiary/aromatic N) is 1. The number of amides is 1. The van der Waals surface area contributed by atoms with Gasteiger partial charge in [-0.2, -0.15) is 0 Å². The first-order chi connectivity index (χ1) is 7.69. The molecule has 88 valence electrons. The molecule has 2 heterocycles. The topological polar surface area (TPSA) is 67.8 Å². The van der Waals surface area contributed by atoms with Gasteiger partial charge in [-0.25, -0.2) is 0 Å². The Morgan fingerprint density at radius 3 is 3.12 bits per heavy atom. The molecule has 2 aliphatic heterocycles. The number of hydrogen-bond donors (Lipinski definition) is 1. The molecule has 1 saturated heterocycles. The van der Waals surface area contributed by atoms with Crippen LogP contribution in [0, 0.1) is 5.41 Å². The van der Waals surface area contributed by atoms with Crippen molar-refractivity contribution in [3.05, 3.63) is 0 Å². The molecule has 2 rings (SSSR count). The monoisotopic (exact) mass is 224 g/mol. The van der Waals surface area contributed by atoms with Gasteiger partial charge in [0.2, 0.25) is 5.91 Å². The van der Waals surface area contributed by atoms with Gasteiger partial charge in [-0.3, -0.25) is 14.6 Å². The van der Waals surface area contributed by atoms with E-state index in [0.717, 1.165) is 12.8 Å². The molecule has 0 unspecified atom stereocenters. The highest BCUT2D eigenvalue weighted by molar-refractivity contribution is 6.13. The highest BCUT2D eigenvalue weighted by Crippen LogP contribution is 2.37. The van der Waals surface area contributed by atoms with Crippen LogP contribution in [-0.2, 0) is 14.3 Å². The van der Waals surface area contributed by atoms with Gasteiger partial charge in [-0.15, -0.1) is 0 Å². The lowest BCUT2D eigenvalue weighted by Gasteiger charge is -2.38. The van der Waals surface area contributed by atoms with Crippen molar-refractivity contribution in [3.63, 3.8) is 0 Å². The summed E-state index contributed by atoms with van der Waals surface area (Å²) in [5.41, 5.74) is -0.678. The van der Waals surface area contributed by atoms with Crippen molar-refractivity contribution in [2.75, 3.05) is 13.2 Å². The zero-order valence-corrected chi connectivity index (χ0v) is 9.41. The molecular weight excluding hydrogens is 208 g/mol. The van der Waals surface area contributed by atoms with E-state index in [-0.39, 0.29) is 11.9 Å². The molecule has 0 radical (unpaired) electrons. The van der Waals surface area contributed by atoms with Gasteiger partial charge >= 0.3 is 5.97 Å². The second-order valence-electron chi connectivity index (χ2n) is 4.18. The fourth-order valence-corrected chi connectivity index (χ4v) is 2.34. The van der Waals surface area contributed by atoms with Gasteiger partial charge in [0.05, 0.1) is 6.61 Å². The van der Waals surface area contributed by atoms with Crippen molar-refractivity contribution in [1.82, 2.24) is 5.32 Å². The number of fused-ring (bicyclic) bond motifs is 1. The third-order valence-corrected chi connectivity index (χ3v) is 3.19. The van der Waals surface area contributed by atoms with Crippen molar-refractivity contribution in [3.8, 4) is 0 Å². The van der Waals surface area contributed by atoms with E-state index in [1.54, 1.807) is 6.92 Å². The van der Waals surface area contributed by atoms with Crippen molar-refractivity contribution < 1.29 is 14.3 Å². The van der Waals surface area contributed by atoms with E-state index in [1.165, 1.54) is 0 Å². The van der Waals surface area contributed by atoms with Crippen LogP contribution in [0.15, 0.2) is 4.99 Å². The SMILES string of the molecule is CCOC(=O)[C@@]12CCCN=C1NC(=O)CC2. The first-order valence-corrected chi connectivity index (χ1v) is 5.71. The Bertz CT molecular complexity index is 351. The van der Waals surface area contributed by atoms with Crippen LogP contribution in [0.4, 0.5) is 0 Å². The summed E-state index contributed by atoms with van der Waals surface area (Å²) in [7, 11) is 0. The summed E-state index contributed by atoms with van der Waals surface area (Å²) in [5.74, 6) is 0.225. The van der Waals surface area contributed by atoms with Gasteiger partial charge in [0, 0.05) is 13.0 Å². The molecular formula is C11H16N2O3. The van der Waals surface area contributed by atoms with Gasteiger partial charge in [-0.1, -0.05) is 0 Å². The third-order valence-electron chi connectivity index (χ3n) is 3.19. The summed E-state index contributed by atoms with van der Waals surface area (Å²) in [6, 6.07) is 0. The molecule has 5 heteroatoms. The number of carbonyl (C=O) groups is 2. The van der Waals surface area contributed by atoms with Crippen molar-refractivity contribution in [1.29, 1.82) is 0 Å². The second-order valence-corrected chi connectivity index (χ2v) is 4.18. The summed E-state index contributed by atoms with van der Waals surface area (Å²) in [5, 5.41) is 2.71. The predicted octanol–water partition coefficient (Wildman–Crippen LogP) is 0.638. The van der Waals surface area contributed by atoms with Gasteiger partial charge in [0.1, 0.15) is 11.3 Å². The minimum atomic E-state index is -0.678. The molecule has 16 heavy (non-hydrogen) atoms. The maximum absolute atomic E-state index is 12.0. The van der Waals surface area contributed by atoms with E-state index in [1.807, 2.05) is 0 Å². The number of ether oxygens (including phenoxy) is 1. The Hall–Kier alpha value is -1.39. The number of rotatable bonds is 2. The summed E-state index contributed by atoms with van der Waals surface area (Å²) in [6.45, 7) is 2.83. The largest absolute Gasteiger partial charge is 0.465 e. The standard InChI is InChI=1S/C11H16N2O3/c1-2-16-10(15)11-5-3-7-12-9(11)13-8(14)4-6-11/h2-7H2,1H3,(H,12,13,14)/t11-/m1/s1.